The van der Waals surface area contributed by atoms with Crippen molar-refractivity contribution in [2.75, 3.05) is 31.7 Å². The highest BCUT2D eigenvalue weighted by atomic mass is 32.2. The van der Waals surface area contributed by atoms with Gasteiger partial charge in [-0.25, -0.2) is 8.42 Å². The predicted molar refractivity (Wildman–Crippen MR) is 116 cm³/mol. The minimum absolute atomic E-state index is 0.0110. The summed E-state index contributed by atoms with van der Waals surface area (Å²) in [5, 5.41) is 3.04. The topological polar surface area (TPSA) is 80.6 Å². The monoisotopic (exact) mass is 431 g/mol. The Morgan fingerprint density at radius 1 is 1.10 bits per heavy atom. The predicted octanol–water partition coefficient (Wildman–Crippen LogP) is 2.09. The second-order valence-electron chi connectivity index (χ2n) is 8.29. The number of carbonyl (C=O) groups is 1. The van der Waals surface area contributed by atoms with Crippen LogP contribution in [0.15, 0.2) is 30.3 Å². The molecular formula is C22H29N3O4S. The molecule has 7 nitrogen and oxygen atoms in total. The number of aromatic nitrogens is 1. The number of hydrogen-bond donors (Lipinski definition) is 1. The number of amides is 1. The molecule has 0 bridgehead atoms. The molecule has 2 aliphatic rings. The second-order valence-corrected chi connectivity index (χ2v) is 10.4. The van der Waals surface area contributed by atoms with E-state index in [0.29, 0.717) is 5.56 Å². The van der Waals surface area contributed by atoms with Crippen molar-refractivity contribution in [3.05, 3.63) is 47.3 Å². The Balaban J connectivity index is 1.57. The molecule has 4 rings (SSSR count). The van der Waals surface area contributed by atoms with Crippen molar-refractivity contribution < 1.29 is 17.9 Å². The number of sulfone groups is 1. The molecule has 0 radical (unpaired) electrons. The van der Waals surface area contributed by atoms with Crippen LogP contribution in [0.3, 0.4) is 0 Å². The Kier molecular flexibility index (Phi) is 5.63. The number of benzene rings is 1. The maximum atomic E-state index is 13.1. The fourth-order valence-corrected chi connectivity index (χ4v) is 6.72. The molecule has 2 atom stereocenters. The zero-order valence-corrected chi connectivity index (χ0v) is 18.5. The van der Waals surface area contributed by atoms with Gasteiger partial charge in [0, 0.05) is 23.1 Å². The first kappa shape index (κ1) is 20.9. The minimum Gasteiger partial charge on any atom is -0.497 e. The number of likely N-dealkylation sites (tertiary alicyclic amines) is 1. The number of carbonyl (C=O) groups excluding carboxylic acids is 1. The fourth-order valence-electron chi connectivity index (χ4n) is 4.77. The van der Waals surface area contributed by atoms with Crippen LogP contribution in [0.1, 0.15) is 34.6 Å². The van der Waals surface area contributed by atoms with Crippen LogP contribution < -0.4 is 10.1 Å². The molecule has 2 aromatic rings. The molecule has 2 saturated heterocycles. The van der Waals surface area contributed by atoms with Crippen LogP contribution in [0.4, 0.5) is 0 Å². The molecule has 0 aliphatic carbocycles. The van der Waals surface area contributed by atoms with E-state index in [1.54, 1.807) is 7.11 Å². The quantitative estimate of drug-likeness (QED) is 0.784. The van der Waals surface area contributed by atoms with Gasteiger partial charge in [0.05, 0.1) is 30.2 Å². The van der Waals surface area contributed by atoms with Gasteiger partial charge in [0.1, 0.15) is 5.75 Å². The summed E-state index contributed by atoms with van der Waals surface area (Å²) in [4.78, 5) is 15.4. The number of hydrogen-bond acceptors (Lipinski definition) is 5. The third-order valence-electron chi connectivity index (χ3n) is 6.26. The normalized spacial score (nSPS) is 23.6. The van der Waals surface area contributed by atoms with E-state index in [2.05, 4.69) is 10.2 Å². The summed E-state index contributed by atoms with van der Waals surface area (Å²) in [5.74, 6) is 0.698. The molecule has 2 fully saturated rings. The van der Waals surface area contributed by atoms with E-state index in [1.807, 2.05) is 48.7 Å². The van der Waals surface area contributed by atoms with Gasteiger partial charge < -0.3 is 14.6 Å². The Hall–Kier alpha value is -2.32. The molecule has 1 amide bonds. The first-order valence-electron chi connectivity index (χ1n) is 10.4. The summed E-state index contributed by atoms with van der Waals surface area (Å²) in [6.45, 7) is 5.67. The molecule has 8 heteroatoms. The van der Waals surface area contributed by atoms with Crippen molar-refractivity contribution >= 4 is 15.7 Å². The highest BCUT2D eigenvalue weighted by molar-refractivity contribution is 7.91. The van der Waals surface area contributed by atoms with Gasteiger partial charge in [-0.3, -0.25) is 9.69 Å². The van der Waals surface area contributed by atoms with Crippen molar-refractivity contribution in [3.8, 4) is 11.4 Å². The molecule has 0 spiro atoms. The lowest BCUT2D eigenvalue weighted by molar-refractivity contribution is 0.0918. The summed E-state index contributed by atoms with van der Waals surface area (Å²) in [6.07, 6.45) is 2.17. The largest absolute Gasteiger partial charge is 0.497 e. The lowest BCUT2D eigenvalue weighted by Gasteiger charge is -2.28. The van der Waals surface area contributed by atoms with Crippen molar-refractivity contribution in [2.24, 2.45) is 0 Å². The van der Waals surface area contributed by atoms with Gasteiger partial charge in [0.15, 0.2) is 9.84 Å². The Bertz CT molecular complexity index is 1040. The van der Waals surface area contributed by atoms with E-state index < -0.39 is 9.84 Å². The third-order valence-corrected chi connectivity index (χ3v) is 7.97. The molecule has 2 unspecified atom stereocenters. The van der Waals surface area contributed by atoms with Crippen LogP contribution in [-0.2, 0) is 9.84 Å². The van der Waals surface area contributed by atoms with Crippen LogP contribution in [0, 0.1) is 13.8 Å². The zero-order valence-electron chi connectivity index (χ0n) is 17.7. The van der Waals surface area contributed by atoms with Crippen LogP contribution in [0.25, 0.3) is 5.69 Å². The molecule has 0 saturated carbocycles. The second kappa shape index (κ2) is 8.07. The summed E-state index contributed by atoms with van der Waals surface area (Å²) >= 11 is 0. The van der Waals surface area contributed by atoms with Crippen molar-refractivity contribution in [2.45, 2.75) is 38.8 Å². The smallest absolute Gasteiger partial charge is 0.253 e. The molecular weight excluding hydrogens is 402 g/mol. The number of aryl methyl sites for hydroxylation is 1. The fraction of sp³-hybridized carbons (Fsp3) is 0.500. The van der Waals surface area contributed by atoms with Gasteiger partial charge in [-0.1, -0.05) is 0 Å². The highest BCUT2D eigenvalue weighted by Crippen LogP contribution is 2.25. The number of methoxy groups -OCH3 is 1. The minimum atomic E-state index is -3.15. The average Bonchev–Trinajstić information content (AvgIpc) is 3.40. The first-order chi connectivity index (χ1) is 14.3. The number of rotatable bonds is 5. The van der Waals surface area contributed by atoms with E-state index in [0.717, 1.165) is 48.8 Å². The SMILES string of the molecule is COc1ccc(-n2c(C)cc(C(=O)NC3CS(=O)(=O)CC3N3CCCC3)c2C)cc1. The highest BCUT2D eigenvalue weighted by Gasteiger charge is 2.42. The van der Waals surface area contributed by atoms with Gasteiger partial charge >= 0.3 is 0 Å². The van der Waals surface area contributed by atoms with Gasteiger partial charge in [-0.05, 0) is 70.1 Å². The average molecular weight is 432 g/mol. The molecule has 3 heterocycles. The summed E-state index contributed by atoms with van der Waals surface area (Å²) < 4.78 is 31.8. The maximum Gasteiger partial charge on any atom is 0.253 e. The number of nitrogens with one attached hydrogen (secondary N) is 1. The summed E-state index contributed by atoms with van der Waals surface area (Å²) in [5.41, 5.74) is 3.29. The van der Waals surface area contributed by atoms with Crippen LogP contribution in [-0.4, -0.2) is 67.6 Å². The molecule has 1 N–H and O–H groups in total. The Morgan fingerprint density at radius 3 is 2.40 bits per heavy atom. The van der Waals surface area contributed by atoms with Crippen molar-refractivity contribution in [3.63, 3.8) is 0 Å². The van der Waals surface area contributed by atoms with Crippen LogP contribution in [0.2, 0.25) is 0 Å². The van der Waals surface area contributed by atoms with Gasteiger partial charge in [0.25, 0.3) is 5.91 Å². The number of ether oxygens (including phenoxy) is 1. The van der Waals surface area contributed by atoms with E-state index in [1.165, 1.54) is 0 Å². The van der Waals surface area contributed by atoms with E-state index in [-0.39, 0.29) is 29.5 Å². The first-order valence-corrected chi connectivity index (χ1v) is 12.2. The standard InChI is InChI=1S/C22H29N3O4S/c1-15-12-19(16(2)25(15)17-6-8-18(29-3)9-7-17)22(26)23-20-13-30(27,28)14-21(20)24-10-4-5-11-24/h6-9,12,20-21H,4-5,10-11,13-14H2,1-3H3,(H,23,26). The molecule has 30 heavy (non-hydrogen) atoms. The molecule has 162 valence electrons. The molecule has 1 aromatic heterocycles. The van der Waals surface area contributed by atoms with Gasteiger partial charge in [-0.15, -0.1) is 0 Å². The Labute approximate surface area is 177 Å². The molecule has 2 aliphatic heterocycles. The van der Waals surface area contributed by atoms with E-state index >= 15 is 0 Å². The third kappa shape index (κ3) is 3.98. The maximum absolute atomic E-state index is 13.1. The molecule has 1 aromatic carbocycles. The summed E-state index contributed by atoms with van der Waals surface area (Å²) in [7, 11) is -1.52. The zero-order chi connectivity index (χ0) is 21.5. The van der Waals surface area contributed by atoms with Crippen LogP contribution in [0.5, 0.6) is 5.75 Å². The Morgan fingerprint density at radius 2 is 1.77 bits per heavy atom. The lowest BCUT2D eigenvalue weighted by atomic mass is 10.1. The van der Waals surface area contributed by atoms with Crippen molar-refractivity contribution in [1.29, 1.82) is 0 Å². The number of nitrogens with zero attached hydrogens (tertiary/aromatic N) is 2. The van der Waals surface area contributed by atoms with E-state index in [4.69, 9.17) is 4.74 Å². The van der Waals surface area contributed by atoms with Gasteiger partial charge in [0.2, 0.25) is 0 Å². The van der Waals surface area contributed by atoms with Crippen molar-refractivity contribution in [1.82, 2.24) is 14.8 Å². The lowest BCUT2D eigenvalue weighted by Crippen LogP contribution is -2.50. The van der Waals surface area contributed by atoms with Gasteiger partial charge in [-0.2, -0.15) is 0 Å². The van der Waals surface area contributed by atoms with E-state index in [9.17, 15) is 13.2 Å². The van der Waals surface area contributed by atoms with Crippen LogP contribution >= 0.6 is 0 Å². The summed E-state index contributed by atoms with van der Waals surface area (Å²) in [6, 6.07) is 9.04.